The molecule has 7 nitrogen and oxygen atoms in total. The van der Waals surface area contributed by atoms with Crippen LogP contribution >= 0.6 is 0 Å². The molecule has 0 aromatic heterocycles. The summed E-state index contributed by atoms with van der Waals surface area (Å²) in [5, 5.41) is 32.5. The highest BCUT2D eigenvalue weighted by molar-refractivity contribution is 5.69. The average Bonchev–Trinajstić information content (AvgIpc) is 3.58. The predicted octanol–water partition coefficient (Wildman–Crippen LogP) is 11.8. The van der Waals surface area contributed by atoms with Gasteiger partial charge in [-0.3, -0.25) is 4.79 Å². The Morgan fingerprint density at radius 1 is 0.831 bits per heavy atom. The molecule has 3 unspecified atom stereocenters. The summed E-state index contributed by atoms with van der Waals surface area (Å²) in [4.78, 5) is 12.6. The smallest absolute Gasteiger partial charge is 0.305 e. The first-order chi connectivity index (χ1) is 28.3. The maximum Gasteiger partial charge on any atom is 0.305 e. The van der Waals surface area contributed by atoms with Gasteiger partial charge in [0.05, 0.1) is 6.10 Å². The van der Waals surface area contributed by atoms with Crippen molar-refractivity contribution >= 4 is 5.97 Å². The fourth-order valence-electron chi connectivity index (χ4n) is 12.5. The number of allylic oxidation sites excluding steroid dienone is 5. The maximum atomic E-state index is 12.6. The first kappa shape index (κ1) is 48.5. The Balaban J connectivity index is 1.02. The molecule has 14 atom stereocenters. The summed E-state index contributed by atoms with van der Waals surface area (Å²) in [7, 11) is 0. The Labute approximate surface area is 360 Å². The predicted molar refractivity (Wildman–Crippen MR) is 239 cm³/mol. The van der Waals surface area contributed by atoms with Gasteiger partial charge in [-0.1, -0.05) is 129 Å². The lowest BCUT2D eigenvalue weighted by molar-refractivity contribution is -0.313. The molecule has 7 heteroatoms. The second kappa shape index (κ2) is 23.3. The molecule has 0 bridgehead atoms. The highest BCUT2D eigenvalue weighted by Crippen LogP contribution is 2.67. The minimum Gasteiger partial charge on any atom is -0.463 e. The number of carbonyl (C=O) groups excluding carboxylic acids is 1. The van der Waals surface area contributed by atoms with E-state index in [9.17, 15) is 20.1 Å². The third-order valence-corrected chi connectivity index (χ3v) is 16.8. The largest absolute Gasteiger partial charge is 0.463 e. The highest BCUT2D eigenvalue weighted by atomic mass is 16.7. The van der Waals surface area contributed by atoms with E-state index in [0.717, 1.165) is 106 Å². The van der Waals surface area contributed by atoms with Crippen molar-refractivity contribution in [1.29, 1.82) is 0 Å². The molecular formula is C52H88O7. The van der Waals surface area contributed by atoms with E-state index in [2.05, 4.69) is 78.8 Å². The normalized spacial score (nSPS) is 37.0. The second-order valence-corrected chi connectivity index (χ2v) is 20.9. The van der Waals surface area contributed by atoms with E-state index < -0.39 is 30.7 Å². The lowest BCUT2D eigenvalue weighted by Gasteiger charge is -2.58. The fraction of sp³-hybridized carbons (Fsp3) is 0.865. The van der Waals surface area contributed by atoms with Crippen LogP contribution in [0.3, 0.4) is 0 Å². The van der Waals surface area contributed by atoms with E-state index in [-0.39, 0.29) is 24.1 Å². The standard InChI is InChI=1S/C52H88O7/c1-8-9-10-11-12-13-14-15-16-17-18-19-20-21-22-23-46(53)57-35-45-47(54)48(55)49(56)50(59-45)58-40-30-32-51(6)39(34-40)26-27-41-43-29-28-42(52(43,7)33-31-44(41)51)38(5)25-24-37(4)36(2)3/h12-13,15-16,26,36-38,40-45,47-50,54-56H,8-11,14,17-25,27-35H2,1-7H3/b13-12-,16-15-/t37-,38-,40+,41+,42-,43+,44+,45?,47-,48?,49?,50-,51+,52-/m1/s1. The van der Waals surface area contributed by atoms with Crippen molar-refractivity contribution in [3.63, 3.8) is 0 Å². The third kappa shape index (κ3) is 12.6. The van der Waals surface area contributed by atoms with E-state index in [1.54, 1.807) is 0 Å². The summed E-state index contributed by atoms with van der Waals surface area (Å²) >= 11 is 0. The molecule has 1 aliphatic heterocycles. The molecule has 0 amide bonds. The number of unbranched alkanes of at least 4 members (excludes halogenated alkanes) is 8. The van der Waals surface area contributed by atoms with Gasteiger partial charge in [-0.15, -0.1) is 0 Å². The zero-order valence-electron chi connectivity index (χ0n) is 38.6. The Bertz CT molecular complexity index is 1360. The van der Waals surface area contributed by atoms with Crippen molar-refractivity contribution in [1.82, 2.24) is 0 Å². The molecule has 338 valence electrons. The summed E-state index contributed by atoms with van der Waals surface area (Å²) < 4.78 is 18.0. The zero-order valence-corrected chi connectivity index (χ0v) is 38.6. The van der Waals surface area contributed by atoms with Gasteiger partial charge in [0, 0.05) is 6.42 Å². The topological polar surface area (TPSA) is 105 Å². The number of aliphatic hydroxyl groups is 3. The van der Waals surface area contributed by atoms with Crippen LogP contribution in [0.25, 0.3) is 0 Å². The van der Waals surface area contributed by atoms with Crippen molar-refractivity contribution in [3.05, 3.63) is 36.0 Å². The summed E-state index contributed by atoms with van der Waals surface area (Å²) in [6.07, 6.45) is 29.8. The Kier molecular flexibility index (Phi) is 19.1. The van der Waals surface area contributed by atoms with E-state index in [1.807, 2.05) is 0 Å². The quantitative estimate of drug-likeness (QED) is 0.0535. The summed E-state index contributed by atoms with van der Waals surface area (Å²) in [5.74, 6) is 5.13. The minimum absolute atomic E-state index is 0.145. The van der Waals surface area contributed by atoms with E-state index in [4.69, 9.17) is 14.2 Å². The average molecular weight is 825 g/mol. The van der Waals surface area contributed by atoms with Crippen molar-refractivity contribution < 1.29 is 34.3 Å². The van der Waals surface area contributed by atoms with Crippen LogP contribution < -0.4 is 0 Å². The summed E-state index contributed by atoms with van der Waals surface area (Å²) in [5.41, 5.74) is 2.12. The van der Waals surface area contributed by atoms with Crippen LogP contribution in [0.5, 0.6) is 0 Å². The molecule has 0 aromatic carbocycles. The second-order valence-electron chi connectivity index (χ2n) is 20.9. The van der Waals surface area contributed by atoms with Gasteiger partial charge in [-0.05, 0) is 142 Å². The lowest BCUT2D eigenvalue weighted by Crippen LogP contribution is -2.60. The number of aliphatic hydroxyl groups excluding tert-OH is 3. The van der Waals surface area contributed by atoms with Crippen LogP contribution in [0, 0.1) is 52.3 Å². The molecular weight excluding hydrogens is 737 g/mol. The van der Waals surface area contributed by atoms with E-state index in [0.29, 0.717) is 17.8 Å². The van der Waals surface area contributed by atoms with Crippen LogP contribution in [0.2, 0.25) is 0 Å². The molecule has 0 aromatic rings. The van der Waals surface area contributed by atoms with Gasteiger partial charge in [0.2, 0.25) is 0 Å². The minimum atomic E-state index is -1.45. The third-order valence-electron chi connectivity index (χ3n) is 16.8. The number of ether oxygens (including phenoxy) is 3. The van der Waals surface area contributed by atoms with Gasteiger partial charge < -0.3 is 29.5 Å². The molecule has 4 fully saturated rings. The van der Waals surface area contributed by atoms with Gasteiger partial charge in [-0.2, -0.15) is 0 Å². The molecule has 1 saturated heterocycles. The first-order valence-corrected chi connectivity index (χ1v) is 24.8. The lowest BCUT2D eigenvalue weighted by atomic mass is 9.47. The van der Waals surface area contributed by atoms with E-state index >= 15 is 0 Å². The SMILES string of the molecule is CCCCC/C=C\C/C=C\CCCCCCCC(=O)OCC1O[C@@H](O[C@H]2CC[C@@]3(C)C(=CC[C@H]4[C@@H]5CC[C@H]([C@H](C)CC[C@@H](C)C(C)C)[C@@]5(C)CC[C@@H]43)C2)C(O)C(O)[C@@H]1O. The number of carbonyl (C=O) groups is 1. The summed E-state index contributed by atoms with van der Waals surface area (Å²) in [6.45, 7) is 17.0. The van der Waals surface area contributed by atoms with Crippen molar-refractivity contribution in [2.45, 2.75) is 227 Å². The molecule has 3 saturated carbocycles. The molecule has 5 aliphatic rings. The van der Waals surface area contributed by atoms with Crippen LogP contribution in [0.4, 0.5) is 0 Å². The van der Waals surface area contributed by atoms with Crippen molar-refractivity contribution in [2.75, 3.05) is 6.61 Å². The molecule has 59 heavy (non-hydrogen) atoms. The number of fused-ring (bicyclic) bond motifs is 5. The number of hydrogen-bond donors (Lipinski definition) is 3. The number of esters is 1. The Morgan fingerprint density at radius 3 is 2.27 bits per heavy atom. The van der Waals surface area contributed by atoms with E-state index in [1.165, 1.54) is 69.8 Å². The molecule has 4 aliphatic carbocycles. The summed E-state index contributed by atoms with van der Waals surface area (Å²) in [6, 6.07) is 0. The van der Waals surface area contributed by atoms with Gasteiger partial charge in [0.1, 0.15) is 31.0 Å². The van der Waals surface area contributed by atoms with Crippen LogP contribution in [-0.4, -0.2) is 64.7 Å². The van der Waals surface area contributed by atoms with Crippen molar-refractivity contribution in [3.8, 4) is 0 Å². The van der Waals surface area contributed by atoms with Crippen LogP contribution in [0.1, 0.15) is 190 Å². The molecule has 0 radical (unpaired) electrons. The van der Waals surface area contributed by atoms with Crippen LogP contribution in [0.15, 0.2) is 36.0 Å². The van der Waals surface area contributed by atoms with Crippen LogP contribution in [-0.2, 0) is 19.0 Å². The molecule has 1 heterocycles. The monoisotopic (exact) mass is 825 g/mol. The zero-order chi connectivity index (χ0) is 42.6. The fourth-order valence-corrected chi connectivity index (χ4v) is 12.5. The highest BCUT2D eigenvalue weighted by Gasteiger charge is 2.59. The molecule has 5 rings (SSSR count). The van der Waals surface area contributed by atoms with Gasteiger partial charge >= 0.3 is 5.97 Å². The van der Waals surface area contributed by atoms with Gasteiger partial charge in [0.15, 0.2) is 6.29 Å². The van der Waals surface area contributed by atoms with Gasteiger partial charge in [-0.25, -0.2) is 0 Å². The molecule has 3 N–H and O–H groups in total. The number of hydrogen-bond acceptors (Lipinski definition) is 7. The Morgan fingerprint density at radius 2 is 1.54 bits per heavy atom. The first-order valence-electron chi connectivity index (χ1n) is 24.8. The maximum absolute atomic E-state index is 12.6. The number of rotatable bonds is 23. The van der Waals surface area contributed by atoms with Gasteiger partial charge in [0.25, 0.3) is 0 Å². The Hall–Kier alpha value is -1.51. The molecule has 0 spiro atoms. The van der Waals surface area contributed by atoms with Crippen molar-refractivity contribution in [2.24, 2.45) is 52.3 Å².